The summed E-state index contributed by atoms with van der Waals surface area (Å²) in [5.74, 6) is 1.55. The number of benzene rings is 2. The van der Waals surface area contributed by atoms with E-state index >= 15 is 0 Å². The predicted molar refractivity (Wildman–Crippen MR) is 124 cm³/mol. The van der Waals surface area contributed by atoms with E-state index in [2.05, 4.69) is 5.32 Å². The van der Waals surface area contributed by atoms with Crippen molar-refractivity contribution < 1.29 is 14.3 Å². The molecule has 2 aromatic carbocycles. The highest BCUT2D eigenvalue weighted by Crippen LogP contribution is 2.37. The second-order valence-electron chi connectivity index (χ2n) is 7.65. The molecule has 0 bridgehead atoms. The van der Waals surface area contributed by atoms with Gasteiger partial charge in [0.25, 0.3) is 5.91 Å². The van der Waals surface area contributed by atoms with Crippen molar-refractivity contribution in [3.8, 4) is 11.5 Å². The van der Waals surface area contributed by atoms with E-state index < -0.39 is 0 Å². The minimum Gasteiger partial charge on any atom is -0.493 e. The van der Waals surface area contributed by atoms with Crippen molar-refractivity contribution in [2.24, 2.45) is 0 Å². The van der Waals surface area contributed by atoms with Gasteiger partial charge < -0.3 is 14.8 Å². The van der Waals surface area contributed by atoms with Gasteiger partial charge in [-0.05, 0) is 62.7 Å². The molecule has 0 spiro atoms. The Labute approximate surface area is 183 Å². The van der Waals surface area contributed by atoms with Crippen LogP contribution < -0.4 is 14.8 Å². The standard InChI is InChI=1S/C24H28N2O3S/c1-3-28-20-14-13-16(22-18(20)11-8-12-21(22)29-4-2)15-19-23(27)26(24(30)25-19)17-9-6-5-7-10-17/h8,11-15,17H,3-7,9-10H2,1-2H3,(H,25,30)/b19-15-. The predicted octanol–water partition coefficient (Wildman–Crippen LogP) is 5.03. The van der Waals surface area contributed by atoms with Gasteiger partial charge in [-0.25, -0.2) is 0 Å². The summed E-state index contributed by atoms with van der Waals surface area (Å²) >= 11 is 5.52. The Morgan fingerprint density at radius 3 is 2.53 bits per heavy atom. The number of carbonyl (C=O) groups excluding carboxylic acids is 1. The van der Waals surface area contributed by atoms with Crippen molar-refractivity contribution in [3.63, 3.8) is 0 Å². The van der Waals surface area contributed by atoms with Gasteiger partial charge in [-0.2, -0.15) is 0 Å². The molecule has 5 nitrogen and oxygen atoms in total. The van der Waals surface area contributed by atoms with Crippen LogP contribution in [0, 0.1) is 0 Å². The van der Waals surface area contributed by atoms with Crippen molar-refractivity contribution >= 4 is 40.1 Å². The average molecular weight is 425 g/mol. The number of carbonyl (C=O) groups is 1. The van der Waals surface area contributed by atoms with Crippen molar-refractivity contribution in [1.82, 2.24) is 10.2 Å². The first kappa shape index (κ1) is 20.7. The molecule has 0 aromatic heterocycles. The number of nitrogens with zero attached hydrogens (tertiary/aromatic N) is 1. The van der Waals surface area contributed by atoms with Crippen LogP contribution in [-0.2, 0) is 4.79 Å². The van der Waals surface area contributed by atoms with Gasteiger partial charge in [0.15, 0.2) is 5.11 Å². The fourth-order valence-corrected chi connectivity index (χ4v) is 4.77. The first-order chi connectivity index (χ1) is 14.6. The number of ether oxygens (including phenoxy) is 2. The molecule has 30 heavy (non-hydrogen) atoms. The third-order valence-corrected chi connectivity index (χ3v) is 6.04. The van der Waals surface area contributed by atoms with Crippen LogP contribution in [0.25, 0.3) is 16.8 Å². The number of fused-ring (bicyclic) bond motifs is 1. The van der Waals surface area contributed by atoms with Gasteiger partial charge in [-0.1, -0.05) is 37.5 Å². The molecule has 158 valence electrons. The van der Waals surface area contributed by atoms with E-state index in [0.717, 1.165) is 53.5 Å². The summed E-state index contributed by atoms with van der Waals surface area (Å²) in [4.78, 5) is 15.0. The van der Waals surface area contributed by atoms with Crippen molar-refractivity contribution in [2.75, 3.05) is 13.2 Å². The molecule has 0 atom stereocenters. The fourth-order valence-electron chi connectivity index (χ4n) is 4.43. The summed E-state index contributed by atoms with van der Waals surface area (Å²) in [6.45, 7) is 5.08. The summed E-state index contributed by atoms with van der Waals surface area (Å²) in [5.41, 5.74) is 1.42. The molecule has 0 unspecified atom stereocenters. The molecule has 1 aliphatic heterocycles. The van der Waals surface area contributed by atoms with Gasteiger partial charge in [0.05, 0.1) is 13.2 Å². The molecule has 6 heteroatoms. The highest BCUT2D eigenvalue weighted by Gasteiger charge is 2.36. The molecule has 1 amide bonds. The maximum absolute atomic E-state index is 13.2. The lowest BCUT2D eigenvalue weighted by atomic mass is 9.94. The Kier molecular flexibility index (Phi) is 6.23. The largest absolute Gasteiger partial charge is 0.493 e. The van der Waals surface area contributed by atoms with Crippen molar-refractivity contribution in [1.29, 1.82) is 0 Å². The molecular weight excluding hydrogens is 396 g/mol. The monoisotopic (exact) mass is 424 g/mol. The van der Waals surface area contributed by atoms with Gasteiger partial charge >= 0.3 is 0 Å². The van der Waals surface area contributed by atoms with Crippen LogP contribution in [0.15, 0.2) is 36.0 Å². The smallest absolute Gasteiger partial charge is 0.276 e. The third kappa shape index (κ3) is 3.88. The van der Waals surface area contributed by atoms with Gasteiger partial charge in [-0.3, -0.25) is 9.69 Å². The number of thiocarbonyl (C=S) groups is 1. The quantitative estimate of drug-likeness (QED) is 0.521. The zero-order valence-electron chi connectivity index (χ0n) is 17.6. The first-order valence-electron chi connectivity index (χ1n) is 10.8. The topological polar surface area (TPSA) is 50.8 Å². The second kappa shape index (κ2) is 9.04. The van der Waals surface area contributed by atoms with Gasteiger partial charge in [-0.15, -0.1) is 0 Å². The van der Waals surface area contributed by atoms with Crippen LogP contribution in [-0.4, -0.2) is 35.2 Å². The number of rotatable bonds is 6. The lowest BCUT2D eigenvalue weighted by molar-refractivity contribution is -0.124. The van der Waals surface area contributed by atoms with Crippen LogP contribution in [0.1, 0.15) is 51.5 Å². The van der Waals surface area contributed by atoms with E-state index in [1.807, 2.05) is 50.3 Å². The Bertz CT molecular complexity index is 995. The maximum Gasteiger partial charge on any atom is 0.276 e. The Morgan fingerprint density at radius 2 is 1.80 bits per heavy atom. The first-order valence-corrected chi connectivity index (χ1v) is 11.2. The van der Waals surface area contributed by atoms with Gasteiger partial charge in [0.2, 0.25) is 0 Å². The zero-order chi connectivity index (χ0) is 21.1. The number of nitrogens with one attached hydrogen (secondary N) is 1. The molecule has 4 rings (SSSR count). The van der Waals surface area contributed by atoms with Gasteiger partial charge in [0, 0.05) is 16.8 Å². The van der Waals surface area contributed by atoms with E-state index in [1.54, 1.807) is 4.90 Å². The molecule has 1 saturated carbocycles. The van der Waals surface area contributed by atoms with Crippen LogP contribution in [0.5, 0.6) is 11.5 Å². The Hall–Kier alpha value is -2.60. The third-order valence-electron chi connectivity index (χ3n) is 5.74. The molecule has 0 radical (unpaired) electrons. The Morgan fingerprint density at radius 1 is 1.07 bits per heavy atom. The van der Waals surface area contributed by atoms with Crippen LogP contribution in [0.3, 0.4) is 0 Å². The van der Waals surface area contributed by atoms with E-state index in [1.165, 1.54) is 6.42 Å². The zero-order valence-corrected chi connectivity index (χ0v) is 18.4. The molecule has 1 heterocycles. The molecule has 1 aliphatic carbocycles. The van der Waals surface area contributed by atoms with E-state index in [-0.39, 0.29) is 11.9 Å². The second-order valence-corrected chi connectivity index (χ2v) is 8.04. The number of amides is 1. The summed E-state index contributed by atoms with van der Waals surface area (Å²) < 4.78 is 11.7. The minimum absolute atomic E-state index is 0.0391. The fraction of sp³-hybridized carbons (Fsp3) is 0.417. The summed E-state index contributed by atoms with van der Waals surface area (Å²) in [7, 11) is 0. The van der Waals surface area contributed by atoms with Crippen LogP contribution in [0.2, 0.25) is 0 Å². The van der Waals surface area contributed by atoms with E-state index in [0.29, 0.717) is 24.0 Å². The highest BCUT2D eigenvalue weighted by molar-refractivity contribution is 7.80. The number of hydrogen-bond donors (Lipinski definition) is 1. The Balaban J connectivity index is 1.76. The van der Waals surface area contributed by atoms with Gasteiger partial charge in [0.1, 0.15) is 17.2 Å². The van der Waals surface area contributed by atoms with Crippen molar-refractivity contribution in [2.45, 2.75) is 52.0 Å². The maximum atomic E-state index is 13.2. The molecule has 2 aromatic rings. The van der Waals surface area contributed by atoms with Crippen LogP contribution in [0.4, 0.5) is 0 Å². The van der Waals surface area contributed by atoms with E-state index in [9.17, 15) is 4.79 Å². The average Bonchev–Trinajstić information content (AvgIpc) is 3.03. The molecule has 1 N–H and O–H groups in total. The molecule has 1 saturated heterocycles. The summed E-state index contributed by atoms with van der Waals surface area (Å²) in [6, 6.07) is 10.1. The van der Waals surface area contributed by atoms with Crippen molar-refractivity contribution in [3.05, 3.63) is 41.6 Å². The minimum atomic E-state index is -0.0391. The molecule has 2 fully saturated rings. The summed E-state index contributed by atoms with van der Waals surface area (Å²) in [5, 5.41) is 5.57. The molecule has 2 aliphatic rings. The van der Waals surface area contributed by atoms with E-state index in [4.69, 9.17) is 21.7 Å². The highest BCUT2D eigenvalue weighted by atomic mass is 32.1. The normalized spacial score (nSPS) is 18.9. The lowest BCUT2D eigenvalue weighted by Crippen LogP contribution is -2.41. The molecular formula is C24H28N2O3S. The lowest BCUT2D eigenvalue weighted by Gasteiger charge is -2.29. The summed E-state index contributed by atoms with van der Waals surface area (Å²) in [6.07, 6.45) is 7.45. The number of hydrogen-bond acceptors (Lipinski definition) is 4. The van der Waals surface area contributed by atoms with Crippen LogP contribution >= 0.6 is 12.2 Å². The SMILES string of the molecule is CCOc1ccc(/C=C2\NC(=S)N(C3CCCCC3)C2=O)c2c(OCC)cccc12.